The number of benzene rings is 3. The van der Waals surface area contributed by atoms with Gasteiger partial charge in [0.1, 0.15) is 15.8 Å². The predicted octanol–water partition coefficient (Wildman–Crippen LogP) is 7.53. The fourth-order valence-electron chi connectivity index (χ4n) is 3.95. The van der Waals surface area contributed by atoms with Crippen molar-refractivity contribution >= 4 is 81.2 Å². The van der Waals surface area contributed by atoms with Gasteiger partial charge in [-0.3, -0.25) is 14.4 Å². The smallest absolute Gasteiger partial charge is 0.315 e. The summed E-state index contributed by atoms with van der Waals surface area (Å²) in [7, 11) is 0. The summed E-state index contributed by atoms with van der Waals surface area (Å²) in [6.07, 6.45) is -3.61. The van der Waals surface area contributed by atoms with Crippen LogP contribution in [0, 0.1) is 29.2 Å². The van der Waals surface area contributed by atoms with E-state index in [0.29, 0.717) is 29.8 Å². The maximum absolute atomic E-state index is 14.7. The lowest BCUT2D eigenvalue weighted by atomic mass is 10.1. The number of halogens is 10. The molecule has 16 heteroatoms. The summed E-state index contributed by atoms with van der Waals surface area (Å²) in [4.78, 5) is 36.8. The highest BCUT2D eigenvalue weighted by Gasteiger charge is 2.67. The summed E-state index contributed by atoms with van der Waals surface area (Å²) in [5.74, 6) is -12.6. The normalized spacial score (nSPS) is 17.2. The van der Waals surface area contributed by atoms with Crippen LogP contribution in [-0.2, 0) is 9.59 Å². The molecule has 1 saturated carbocycles. The standard InChI is InChI=1S/C25H13Cl4F6N3O3/c26-11-2-1-8(5-12(11)27)16-17(25(16,28)29)23(40)36-9-6-10(18(32)14(31)7-9)22(39)37-15-4-3-13(30)20(19(15)33)38-24(41)21(34)35/h1-7,16-17,21H,(H,36,40)(H,37,39)(H,38,41)/t16-,17+/m0/s1. The van der Waals surface area contributed by atoms with E-state index in [2.05, 4.69) is 5.32 Å². The highest BCUT2D eigenvalue weighted by atomic mass is 35.5. The lowest BCUT2D eigenvalue weighted by Gasteiger charge is -2.13. The van der Waals surface area contributed by atoms with Crippen LogP contribution >= 0.6 is 46.4 Å². The van der Waals surface area contributed by atoms with Gasteiger partial charge in [0, 0.05) is 17.7 Å². The SMILES string of the molecule is O=C(Nc1ccc(F)c(NC(=O)C(F)F)c1F)c1cc(NC(=O)[C@H]2[C@H](c3ccc(Cl)c(Cl)c3)C2(Cl)Cl)cc(F)c1F. The van der Waals surface area contributed by atoms with E-state index in [4.69, 9.17) is 46.4 Å². The van der Waals surface area contributed by atoms with Crippen molar-refractivity contribution in [3.63, 3.8) is 0 Å². The Bertz CT molecular complexity index is 1590. The van der Waals surface area contributed by atoms with Gasteiger partial charge in [0.15, 0.2) is 17.5 Å². The summed E-state index contributed by atoms with van der Waals surface area (Å²) >= 11 is 24.5. The van der Waals surface area contributed by atoms with E-state index >= 15 is 0 Å². The van der Waals surface area contributed by atoms with Crippen molar-refractivity contribution < 1.29 is 40.7 Å². The molecule has 0 spiro atoms. The van der Waals surface area contributed by atoms with Crippen molar-refractivity contribution in [1.29, 1.82) is 0 Å². The monoisotopic (exact) mass is 657 g/mol. The fourth-order valence-corrected chi connectivity index (χ4v) is 5.09. The van der Waals surface area contributed by atoms with Crippen molar-refractivity contribution in [3.8, 4) is 0 Å². The first kappa shape index (κ1) is 30.8. The van der Waals surface area contributed by atoms with Crippen LogP contribution in [0.5, 0.6) is 0 Å². The van der Waals surface area contributed by atoms with Crippen LogP contribution in [-0.4, -0.2) is 28.5 Å². The van der Waals surface area contributed by atoms with Crippen molar-refractivity contribution in [1.82, 2.24) is 0 Å². The van der Waals surface area contributed by atoms with Crippen LogP contribution in [0.2, 0.25) is 10.0 Å². The Hall–Kier alpha value is -3.19. The van der Waals surface area contributed by atoms with E-state index in [0.717, 1.165) is 0 Å². The molecule has 1 aliphatic rings. The van der Waals surface area contributed by atoms with Crippen LogP contribution in [0.4, 0.5) is 43.4 Å². The third-order valence-corrected chi connectivity index (χ3v) is 7.64. The van der Waals surface area contributed by atoms with Crippen LogP contribution in [0.1, 0.15) is 21.8 Å². The van der Waals surface area contributed by atoms with E-state index in [1.807, 2.05) is 5.32 Å². The molecule has 6 nitrogen and oxygen atoms in total. The molecule has 0 radical (unpaired) electrons. The summed E-state index contributed by atoms with van der Waals surface area (Å²) in [5, 5.41) is 5.85. The third-order valence-electron chi connectivity index (χ3n) is 5.96. The number of carbonyl (C=O) groups excluding carboxylic acids is 3. The predicted molar refractivity (Wildman–Crippen MR) is 141 cm³/mol. The zero-order valence-corrected chi connectivity index (χ0v) is 22.8. The van der Waals surface area contributed by atoms with Gasteiger partial charge in [0.2, 0.25) is 5.91 Å². The molecule has 3 aromatic rings. The summed E-state index contributed by atoms with van der Waals surface area (Å²) in [6.45, 7) is 0. The molecule has 1 aliphatic carbocycles. The van der Waals surface area contributed by atoms with Gasteiger partial charge in [-0.25, -0.2) is 17.6 Å². The Kier molecular flexibility index (Phi) is 8.70. The number of anilines is 3. The Balaban J connectivity index is 1.55. The lowest BCUT2D eigenvalue weighted by molar-refractivity contribution is -0.126. The number of hydrogen-bond donors (Lipinski definition) is 3. The molecule has 0 heterocycles. The lowest BCUT2D eigenvalue weighted by Crippen LogP contribution is -2.23. The maximum atomic E-state index is 14.7. The largest absolute Gasteiger partial charge is 0.326 e. The fraction of sp³-hybridized carbons (Fsp3) is 0.160. The zero-order valence-electron chi connectivity index (χ0n) is 19.8. The van der Waals surface area contributed by atoms with Gasteiger partial charge in [0.05, 0.1) is 27.2 Å². The maximum Gasteiger partial charge on any atom is 0.315 e. The Morgan fingerprint density at radius 1 is 0.805 bits per heavy atom. The third kappa shape index (κ3) is 6.20. The van der Waals surface area contributed by atoms with Gasteiger partial charge in [-0.1, -0.05) is 29.3 Å². The van der Waals surface area contributed by atoms with Crippen LogP contribution in [0.3, 0.4) is 0 Å². The van der Waals surface area contributed by atoms with E-state index < -0.39 is 86.2 Å². The molecule has 0 aliphatic heterocycles. The van der Waals surface area contributed by atoms with Gasteiger partial charge < -0.3 is 16.0 Å². The van der Waals surface area contributed by atoms with Gasteiger partial charge in [-0.05, 0) is 35.9 Å². The Labute approximate surface area is 246 Å². The molecule has 4 rings (SSSR count). The number of hydrogen-bond acceptors (Lipinski definition) is 3. The average Bonchev–Trinajstić information content (AvgIpc) is 3.48. The highest BCUT2D eigenvalue weighted by Crippen LogP contribution is 2.65. The van der Waals surface area contributed by atoms with E-state index in [-0.39, 0.29) is 10.0 Å². The molecule has 1 fully saturated rings. The zero-order chi connectivity index (χ0) is 30.4. The first-order valence-electron chi connectivity index (χ1n) is 11.1. The van der Waals surface area contributed by atoms with Crippen LogP contribution in [0.15, 0.2) is 42.5 Å². The first-order valence-corrected chi connectivity index (χ1v) is 12.7. The van der Waals surface area contributed by atoms with Crippen molar-refractivity contribution in [2.24, 2.45) is 5.92 Å². The minimum Gasteiger partial charge on any atom is -0.326 e. The second-order valence-electron chi connectivity index (χ2n) is 8.64. The number of carbonyl (C=O) groups is 3. The van der Waals surface area contributed by atoms with Gasteiger partial charge in [-0.15, -0.1) is 23.2 Å². The number of nitrogens with one attached hydrogen (secondary N) is 3. The van der Waals surface area contributed by atoms with Gasteiger partial charge in [-0.2, -0.15) is 8.78 Å². The molecule has 3 aromatic carbocycles. The van der Waals surface area contributed by atoms with E-state index in [9.17, 15) is 40.7 Å². The molecule has 0 aromatic heterocycles. The highest BCUT2D eigenvalue weighted by molar-refractivity contribution is 6.53. The number of rotatable bonds is 7. The molecule has 0 unspecified atom stereocenters. The number of amides is 3. The van der Waals surface area contributed by atoms with Crippen molar-refractivity contribution in [2.75, 3.05) is 16.0 Å². The van der Waals surface area contributed by atoms with Gasteiger partial charge >= 0.3 is 6.43 Å². The topological polar surface area (TPSA) is 87.3 Å². The minimum atomic E-state index is -3.61. The van der Waals surface area contributed by atoms with Crippen LogP contribution < -0.4 is 16.0 Å². The van der Waals surface area contributed by atoms with Crippen molar-refractivity contribution in [3.05, 3.63) is 86.9 Å². The Morgan fingerprint density at radius 2 is 1.49 bits per heavy atom. The average molecular weight is 659 g/mol. The minimum absolute atomic E-state index is 0.178. The van der Waals surface area contributed by atoms with Crippen molar-refractivity contribution in [2.45, 2.75) is 16.7 Å². The van der Waals surface area contributed by atoms with Crippen LogP contribution in [0.25, 0.3) is 0 Å². The second-order valence-corrected chi connectivity index (χ2v) is 10.9. The molecular formula is C25H13Cl4F6N3O3. The Morgan fingerprint density at radius 3 is 2.12 bits per heavy atom. The first-order chi connectivity index (χ1) is 19.1. The molecule has 216 valence electrons. The summed E-state index contributed by atoms with van der Waals surface area (Å²) in [6, 6.07) is 6.92. The molecule has 3 amide bonds. The van der Waals surface area contributed by atoms with Gasteiger partial charge in [0.25, 0.3) is 11.8 Å². The second kappa shape index (κ2) is 11.6. The van der Waals surface area contributed by atoms with E-state index in [1.165, 1.54) is 17.4 Å². The van der Waals surface area contributed by atoms with E-state index in [1.54, 1.807) is 6.07 Å². The molecular weight excluding hydrogens is 646 g/mol. The number of alkyl halides is 4. The molecule has 41 heavy (non-hydrogen) atoms. The molecule has 0 bridgehead atoms. The molecule has 3 N–H and O–H groups in total. The quantitative estimate of drug-likeness (QED) is 0.181. The molecule has 2 atom stereocenters. The molecule has 0 saturated heterocycles. The summed E-state index contributed by atoms with van der Waals surface area (Å²) in [5.41, 5.74) is -3.14. The summed E-state index contributed by atoms with van der Waals surface area (Å²) < 4.78 is 80.9.